The lowest BCUT2D eigenvalue weighted by molar-refractivity contribution is -0.130. The maximum Gasteiger partial charge on any atom is 0.244 e. The maximum atomic E-state index is 12.7. The number of amides is 1. The number of phenolic OH excluding ortho intramolecular Hbond substituents is 1. The Morgan fingerprint density at radius 3 is 2.85 bits per heavy atom. The minimum atomic E-state index is -0.904. The molecular weight excluding hydrogens is 428 g/mol. The molecule has 1 heterocycles. The first kappa shape index (κ1) is 24.0. The Bertz CT molecular complexity index is 1070. The zero-order valence-corrected chi connectivity index (χ0v) is 19.7. The molecule has 1 saturated carbocycles. The van der Waals surface area contributed by atoms with Gasteiger partial charge in [0.1, 0.15) is 11.5 Å². The van der Waals surface area contributed by atoms with E-state index in [0.717, 1.165) is 36.4 Å². The summed E-state index contributed by atoms with van der Waals surface area (Å²) in [5.74, 6) is 0.753. The number of aliphatic hydroxyl groups is 1. The predicted molar refractivity (Wildman–Crippen MR) is 134 cm³/mol. The summed E-state index contributed by atoms with van der Waals surface area (Å²) in [5, 5.41) is 24.8. The lowest BCUT2D eigenvalue weighted by Gasteiger charge is -2.58. The van der Waals surface area contributed by atoms with Crippen LogP contribution in [0.1, 0.15) is 36.8 Å². The number of nitrogens with one attached hydrogen (secondary N) is 1. The quantitative estimate of drug-likeness (QED) is 0.432. The highest BCUT2D eigenvalue weighted by Gasteiger charge is 2.57. The van der Waals surface area contributed by atoms with Crippen LogP contribution in [-0.4, -0.2) is 59.4 Å². The van der Waals surface area contributed by atoms with Crippen molar-refractivity contribution in [1.29, 1.82) is 0 Å². The molecule has 1 aliphatic carbocycles. The second-order valence-electron chi connectivity index (χ2n) is 9.50. The number of piperidine rings is 1. The van der Waals surface area contributed by atoms with Crippen molar-refractivity contribution in [3.8, 4) is 11.5 Å². The average molecular weight is 463 g/mol. The third kappa shape index (κ3) is 4.88. The Kier molecular flexibility index (Phi) is 7.10. The fraction of sp³-hybridized carbons (Fsp3) is 0.393. The van der Waals surface area contributed by atoms with Crippen molar-refractivity contribution in [3.63, 3.8) is 0 Å². The molecule has 3 N–H and O–H groups in total. The van der Waals surface area contributed by atoms with Crippen molar-refractivity contribution in [1.82, 2.24) is 10.2 Å². The van der Waals surface area contributed by atoms with Crippen LogP contribution in [0.2, 0.25) is 0 Å². The van der Waals surface area contributed by atoms with Crippen LogP contribution in [0.25, 0.3) is 6.08 Å². The predicted octanol–water partition coefficient (Wildman–Crippen LogP) is 3.64. The molecule has 3 atom stereocenters. The molecule has 2 aromatic carbocycles. The zero-order valence-electron chi connectivity index (χ0n) is 19.7. The second kappa shape index (κ2) is 10.0. The topological polar surface area (TPSA) is 82.0 Å². The number of ether oxygens (including phenoxy) is 1. The van der Waals surface area contributed by atoms with E-state index in [2.05, 4.69) is 22.9 Å². The number of aromatic hydroxyl groups is 1. The first-order valence-corrected chi connectivity index (χ1v) is 11.9. The zero-order chi connectivity index (χ0) is 24.2. The molecule has 0 bridgehead atoms. The molecule has 1 saturated heterocycles. The first-order chi connectivity index (χ1) is 16.4. The largest absolute Gasteiger partial charge is 0.508 e. The molecule has 2 aromatic rings. The molecule has 6 heteroatoms. The van der Waals surface area contributed by atoms with Crippen LogP contribution in [0.4, 0.5) is 0 Å². The maximum absolute atomic E-state index is 12.7. The second-order valence-corrected chi connectivity index (χ2v) is 9.50. The van der Waals surface area contributed by atoms with Crippen LogP contribution >= 0.6 is 0 Å². The number of hydrogen-bond donors (Lipinski definition) is 3. The molecule has 4 rings (SSSR count). The lowest BCUT2D eigenvalue weighted by Crippen LogP contribution is -2.67. The molecular formula is C28H34N2O4. The number of nitrogens with zero attached hydrogens (tertiary/aromatic N) is 1. The van der Waals surface area contributed by atoms with Gasteiger partial charge in [0.2, 0.25) is 5.91 Å². The lowest BCUT2D eigenvalue weighted by atomic mass is 9.55. The Morgan fingerprint density at radius 2 is 2.09 bits per heavy atom. The van der Waals surface area contributed by atoms with E-state index in [0.29, 0.717) is 25.8 Å². The molecule has 2 aliphatic rings. The smallest absolute Gasteiger partial charge is 0.244 e. The molecule has 0 aromatic heterocycles. The monoisotopic (exact) mass is 462 g/mol. The third-order valence-electron chi connectivity index (χ3n) is 7.39. The average Bonchev–Trinajstić information content (AvgIpc) is 2.83. The van der Waals surface area contributed by atoms with Crippen LogP contribution in [0.15, 0.2) is 67.3 Å². The van der Waals surface area contributed by atoms with E-state index in [-0.39, 0.29) is 17.7 Å². The third-order valence-corrected chi connectivity index (χ3v) is 7.39. The van der Waals surface area contributed by atoms with Crippen LogP contribution in [0.5, 0.6) is 11.5 Å². The van der Waals surface area contributed by atoms with Gasteiger partial charge in [-0.25, -0.2) is 0 Å². The van der Waals surface area contributed by atoms with E-state index in [1.54, 1.807) is 31.4 Å². The molecule has 2 fully saturated rings. The van der Waals surface area contributed by atoms with Gasteiger partial charge in [-0.15, -0.1) is 6.58 Å². The van der Waals surface area contributed by atoms with Crippen LogP contribution in [-0.2, 0) is 10.2 Å². The van der Waals surface area contributed by atoms with Gasteiger partial charge in [-0.1, -0.05) is 30.3 Å². The summed E-state index contributed by atoms with van der Waals surface area (Å²) in [5.41, 5.74) is 0.432. The van der Waals surface area contributed by atoms with Crippen molar-refractivity contribution in [2.24, 2.45) is 0 Å². The van der Waals surface area contributed by atoms with Crippen LogP contribution in [0, 0.1) is 0 Å². The van der Waals surface area contributed by atoms with Crippen molar-refractivity contribution in [2.75, 3.05) is 26.7 Å². The number of hydrogen-bond acceptors (Lipinski definition) is 5. The number of likely N-dealkylation sites (tertiary alicyclic amines) is 1. The molecule has 3 unspecified atom stereocenters. The minimum absolute atomic E-state index is 0.0567. The van der Waals surface area contributed by atoms with Gasteiger partial charge in [0.05, 0.1) is 12.7 Å². The van der Waals surface area contributed by atoms with E-state index in [1.165, 1.54) is 6.08 Å². The molecule has 0 radical (unpaired) electrons. The fourth-order valence-electron chi connectivity index (χ4n) is 5.69. The molecule has 34 heavy (non-hydrogen) atoms. The number of β-amino-alcohol motifs (C(OH)–C–C–N with tert-alkyl or cyclic N) is 1. The molecule has 0 spiro atoms. The molecule has 1 aliphatic heterocycles. The van der Waals surface area contributed by atoms with Gasteiger partial charge in [0.15, 0.2) is 0 Å². The molecule has 180 valence electrons. The Hall–Kier alpha value is -3.09. The minimum Gasteiger partial charge on any atom is -0.508 e. The van der Waals surface area contributed by atoms with Gasteiger partial charge in [-0.05, 0) is 73.7 Å². The number of carbonyl (C=O) groups is 1. The van der Waals surface area contributed by atoms with E-state index in [1.807, 2.05) is 30.3 Å². The van der Waals surface area contributed by atoms with Crippen molar-refractivity contribution >= 4 is 12.0 Å². The van der Waals surface area contributed by atoms with Gasteiger partial charge >= 0.3 is 0 Å². The van der Waals surface area contributed by atoms with Gasteiger partial charge in [0, 0.05) is 30.6 Å². The Balaban J connectivity index is 1.56. The van der Waals surface area contributed by atoms with Crippen molar-refractivity contribution in [2.45, 2.75) is 42.7 Å². The van der Waals surface area contributed by atoms with Crippen LogP contribution < -0.4 is 10.1 Å². The van der Waals surface area contributed by atoms with E-state index < -0.39 is 11.0 Å². The highest BCUT2D eigenvalue weighted by atomic mass is 16.5. The van der Waals surface area contributed by atoms with E-state index in [4.69, 9.17) is 4.74 Å². The summed E-state index contributed by atoms with van der Waals surface area (Å²) in [6.45, 7) is 6.04. The number of phenols is 1. The highest BCUT2D eigenvalue weighted by Crippen LogP contribution is 2.52. The Morgan fingerprint density at radius 1 is 1.26 bits per heavy atom. The summed E-state index contributed by atoms with van der Waals surface area (Å²) in [4.78, 5) is 15.0. The van der Waals surface area contributed by atoms with Crippen LogP contribution in [0.3, 0.4) is 0 Å². The number of carbonyl (C=O) groups excluding carboxylic acids is 1. The normalized spacial score (nSPS) is 27.2. The summed E-state index contributed by atoms with van der Waals surface area (Å²) in [7, 11) is 1.65. The number of benzene rings is 2. The first-order valence-electron chi connectivity index (χ1n) is 11.9. The molecule has 6 nitrogen and oxygen atoms in total. The standard InChI is InChI=1S/C28H34N2O4/c1-3-15-30-16-14-27(22-7-5-9-25(18-22)34-2)19-23(12-13-28(27,33)20-30)29-26(32)11-10-21-6-4-8-24(31)17-21/h3-11,17-18,23,31,33H,1,12-16,19-20H2,2H3,(H,29,32). The Labute approximate surface area is 201 Å². The van der Waals surface area contributed by atoms with E-state index >= 15 is 0 Å². The summed E-state index contributed by atoms with van der Waals surface area (Å²) < 4.78 is 5.49. The summed E-state index contributed by atoms with van der Waals surface area (Å²) in [6.07, 6.45) is 7.82. The fourth-order valence-corrected chi connectivity index (χ4v) is 5.69. The van der Waals surface area contributed by atoms with Gasteiger partial charge in [-0.2, -0.15) is 0 Å². The summed E-state index contributed by atoms with van der Waals surface area (Å²) in [6, 6.07) is 14.7. The SMILES string of the molecule is C=CCN1CCC2(c3cccc(OC)c3)CC(NC(=O)C=Cc3cccc(O)c3)CCC2(O)C1. The van der Waals surface area contributed by atoms with Crippen molar-refractivity contribution < 1.29 is 19.7 Å². The van der Waals surface area contributed by atoms with Crippen molar-refractivity contribution in [3.05, 3.63) is 78.4 Å². The van der Waals surface area contributed by atoms with Gasteiger partial charge in [0.25, 0.3) is 0 Å². The number of methoxy groups -OCH3 is 1. The highest BCUT2D eigenvalue weighted by molar-refractivity contribution is 5.92. The van der Waals surface area contributed by atoms with Gasteiger partial charge < -0.3 is 20.3 Å². The van der Waals surface area contributed by atoms with E-state index in [9.17, 15) is 15.0 Å². The summed E-state index contributed by atoms with van der Waals surface area (Å²) >= 11 is 0. The number of rotatable bonds is 7. The van der Waals surface area contributed by atoms with Gasteiger partial charge in [-0.3, -0.25) is 9.69 Å². The number of fused-ring (bicyclic) bond motifs is 1. The molecule has 1 amide bonds.